The van der Waals surface area contributed by atoms with E-state index in [1.54, 1.807) is 18.7 Å². The molecule has 1 aromatic rings. The van der Waals surface area contributed by atoms with Gasteiger partial charge in [-0.25, -0.2) is 0 Å². The van der Waals surface area contributed by atoms with Crippen LogP contribution in [-0.2, 0) is 11.0 Å². The van der Waals surface area contributed by atoms with Crippen molar-refractivity contribution < 1.29 is 22.8 Å². The molecule has 1 aliphatic heterocycles. The van der Waals surface area contributed by atoms with Crippen molar-refractivity contribution in [3.8, 4) is 0 Å². The van der Waals surface area contributed by atoms with E-state index in [0.29, 0.717) is 19.3 Å². The summed E-state index contributed by atoms with van der Waals surface area (Å²) in [5.41, 5.74) is 4.27. The molecular formula is C18H26ClF3N4O2. The summed E-state index contributed by atoms with van der Waals surface area (Å²) in [6.07, 6.45) is -3.85. The van der Waals surface area contributed by atoms with Gasteiger partial charge in [0.2, 0.25) is 5.91 Å². The van der Waals surface area contributed by atoms with Crippen molar-refractivity contribution >= 4 is 24.2 Å². The van der Waals surface area contributed by atoms with Gasteiger partial charge in [-0.05, 0) is 31.9 Å². The smallest absolute Gasteiger partial charge is 0.337 e. The highest BCUT2D eigenvalue weighted by atomic mass is 35.5. The van der Waals surface area contributed by atoms with Crippen molar-refractivity contribution in [3.63, 3.8) is 0 Å². The lowest BCUT2D eigenvalue weighted by Gasteiger charge is -2.47. The average Bonchev–Trinajstić information content (AvgIpc) is 2.58. The van der Waals surface area contributed by atoms with Crippen LogP contribution < -0.4 is 5.73 Å². The SMILES string of the molecule is CC(C)[C@H](N)C(=O)N1CCN(C(=O)c2ccc(C(F)(F)F)cn2)C(C)(C)C1.Cl. The molecule has 0 spiro atoms. The number of halogens is 4. The second-order valence-corrected chi connectivity index (χ2v) is 7.73. The molecule has 0 aromatic carbocycles. The van der Waals surface area contributed by atoms with Crippen LogP contribution in [0.1, 0.15) is 43.7 Å². The number of aromatic nitrogens is 1. The molecule has 10 heteroatoms. The fraction of sp³-hybridized carbons (Fsp3) is 0.611. The molecule has 0 aliphatic carbocycles. The maximum Gasteiger partial charge on any atom is 0.417 e. The largest absolute Gasteiger partial charge is 0.417 e. The van der Waals surface area contributed by atoms with Gasteiger partial charge in [0.15, 0.2) is 0 Å². The predicted molar refractivity (Wildman–Crippen MR) is 101 cm³/mol. The quantitative estimate of drug-likeness (QED) is 0.811. The van der Waals surface area contributed by atoms with Gasteiger partial charge in [0.1, 0.15) is 5.69 Å². The van der Waals surface area contributed by atoms with Gasteiger partial charge < -0.3 is 15.5 Å². The highest BCUT2D eigenvalue weighted by Gasteiger charge is 2.40. The Morgan fingerprint density at radius 2 is 1.82 bits per heavy atom. The molecule has 1 fully saturated rings. The number of nitrogens with zero attached hydrogens (tertiary/aromatic N) is 3. The summed E-state index contributed by atoms with van der Waals surface area (Å²) in [5, 5.41) is 0. The zero-order valence-electron chi connectivity index (χ0n) is 16.3. The van der Waals surface area contributed by atoms with Crippen LogP contribution in [-0.4, -0.2) is 57.8 Å². The zero-order valence-corrected chi connectivity index (χ0v) is 17.1. The number of hydrogen-bond donors (Lipinski definition) is 1. The number of amides is 2. The van der Waals surface area contributed by atoms with E-state index in [2.05, 4.69) is 4.98 Å². The molecule has 0 radical (unpaired) electrons. The number of pyridine rings is 1. The van der Waals surface area contributed by atoms with E-state index in [0.717, 1.165) is 12.1 Å². The van der Waals surface area contributed by atoms with Gasteiger partial charge in [0.05, 0.1) is 17.1 Å². The van der Waals surface area contributed by atoms with Crippen molar-refractivity contribution in [2.75, 3.05) is 19.6 Å². The molecule has 2 rings (SSSR count). The van der Waals surface area contributed by atoms with Crippen molar-refractivity contribution in [1.29, 1.82) is 0 Å². The predicted octanol–water partition coefficient (Wildman–Crippen LogP) is 2.57. The third kappa shape index (κ3) is 5.14. The van der Waals surface area contributed by atoms with Crippen LogP contribution in [0.5, 0.6) is 0 Å². The molecule has 2 N–H and O–H groups in total. The Balaban J connectivity index is 0.00000392. The van der Waals surface area contributed by atoms with Gasteiger partial charge in [0.25, 0.3) is 5.91 Å². The lowest BCUT2D eigenvalue weighted by molar-refractivity contribution is -0.138. The monoisotopic (exact) mass is 422 g/mol. The first-order valence-electron chi connectivity index (χ1n) is 8.74. The molecule has 1 atom stereocenters. The van der Waals surface area contributed by atoms with Crippen LogP contribution in [0.25, 0.3) is 0 Å². The van der Waals surface area contributed by atoms with Gasteiger partial charge in [-0.1, -0.05) is 13.8 Å². The first kappa shape index (κ1) is 24.2. The van der Waals surface area contributed by atoms with Crippen LogP contribution in [0.15, 0.2) is 18.3 Å². The second-order valence-electron chi connectivity index (χ2n) is 7.73. The van der Waals surface area contributed by atoms with Gasteiger partial charge >= 0.3 is 6.18 Å². The minimum Gasteiger partial charge on any atom is -0.337 e. The van der Waals surface area contributed by atoms with E-state index in [1.807, 2.05) is 13.8 Å². The highest BCUT2D eigenvalue weighted by molar-refractivity contribution is 5.93. The second kappa shape index (κ2) is 8.65. The maximum atomic E-state index is 12.7. The number of carbonyl (C=O) groups is 2. The van der Waals surface area contributed by atoms with E-state index < -0.39 is 29.2 Å². The summed E-state index contributed by atoms with van der Waals surface area (Å²) < 4.78 is 38.0. The van der Waals surface area contributed by atoms with Gasteiger partial charge in [0, 0.05) is 25.8 Å². The van der Waals surface area contributed by atoms with E-state index >= 15 is 0 Å². The Labute approximate surface area is 168 Å². The van der Waals surface area contributed by atoms with Crippen molar-refractivity contribution in [2.45, 2.75) is 45.5 Å². The van der Waals surface area contributed by atoms with E-state index in [-0.39, 0.29) is 36.5 Å². The first-order valence-corrected chi connectivity index (χ1v) is 8.74. The van der Waals surface area contributed by atoms with Crippen LogP contribution in [0, 0.1) is 5.92 Å². The summed E-state index contributed by atoms with van der Waals surface area (Å²) in [7, 11) is 0. The number of nitrogens with two attached hydrogens (primary N) is 1. The molecule has 1 aliphatic rings. The summed E-state index contributed by atoms with van der Waals surface area (Å²) >= 11 is 0. The molecular weight excluding hydrogens is 397 g/mol. The normalized spacial score (nSPS) is 17.9. The Bertz CT molecular complexity index is 708. The molecule has 1 saturated heterocycles. The highest BCUT2D eigenvalue weighted by Crippen LogP contribution is 2.29. The van der Waals surface area contributed by atoms with E-state index in [1.165, 1.54) is 4.90 Å². The van der Waals surface area contributed by atoms with Crippen LogP contribution >= 0.6 is 12.4 Å². The van der Waals surface area contributed by atoms with Crippen molar-refractivity contribution in [2.24, 2.45) is 11.7 Å². The first-order chi connectivity index (χ1) is 12.3. The van der Waals surface area contributed by atoms with Crippen LogP contribution in [0.2, 0.25) is 0 Å². The number of piperazine rings is 1. The Kier molecular flexibility index (Phi) is 7.47. The van der Waals surface area contributed by atoms with Gasteiger partial charge in [-0.2, -0.15) is 13.2 Å². The third-order valence-electron chi connectivity index (χ3n) is 4.77. The lowest BCUT2D eigenvalue weighted by Crippen LogP contribution is -2.64. The third-order valence-corrected chi connectivity index (χ3v) is 4.77. The number of carbonyl (C=O) groups excluding carboxylic acids is 2. The fourth-order valence-electron chi connectivity index (χ4n) is 3.04. The van der Waals surface area contributed by atoms with Gasteiger partial charge in [-0.3, -0.25) is 14.6 Å². The molecule has 1 aromatic heterocycles. The number of alkyl halides is 3. The van der Waals surface area contributed by atoms with Crippen molar-refractivity contribution in [1.82, 2.24) is 14.8 Å². The topological polar surface area (TPSA) is 79.5 Å². The lowest BCUT2D eigenvalue weighted by atomic mass is 9.96. The molecule has 28 heavy (non-hydrogen) atoms. The molecule has 0 saturated carbocycles. The summed E-state index contributed by atoms with van der Waals surface area (Å²) in [6.45, 7) is 8.19. The molecule has 0 bridgehead atoms. The van der Waals surface area contributed by atoms with Crippen molar-refractivity contribution in [3.05, 3.63) is 29.6 Å². The minimum atomic E-state index is -4.50. The van der Waals surface area contributed by atoms with E-state index in [9.17, 15) is 22.8 Å². The standard InChI is InChI=1S/C18H25F3N4O2.ClH/c1-11(2)14(22)16(27)24-7-8-25(17(3,4)10-24)15(26)13-6-5-12(9-23-13)18(19,20)21;/h5-6,9,11,14H,7-8,10,22H2,1-4H3;1H/t14-;/m0./s1. The molecule has 0 unspecified atom stereocenters. The molecule has 2 amide bonds. The average molecular weight is 423 g/mol. The Hall–Kier alpha value is -1.87. The number of rotatable bonds is 3. The molecule has 2 heterocycles. The summed E-state index contributed by atoms with van der Waals surface area (Å²) in [4.78, 5) is 32.1. The van der Waals surface area contributed by atoms with Crippen LogP contribution in [0.3, 0.4) is 0 Å². The maximum absolute atomic E-state index is 12.7. The Morgan fingerprint density at radius 1 is 1.21 bits per heavy atom. The minimum absolute atomic E-state index is 0. The fourth-order valence-corrected chi connectivity index (χ4v) is 3.04. The summed E-state index contributed by atoms with van der Waals surface area (Å²) in [6, 6.07) is 1.31. The van der Waals surface area contributed by atoms with E-state index in [4.69, 9.17) is 5.73 Å². The Morgan fingerprint density at radius 3 is 2.25 bits per heavy atom. The van der Waals surface area contributed by atoms with Gasteiger partial charge in [-0.15, -0.1) is 12.4 Å². The zero-order chi connectivity index (χ0) is 20.6. The molecule has 158 valence electrons. The van der Waals surface area contributed by atoms with Crippen LogP contribution in [0.4, 0.5) is 13.2 Å². The molecule has 6 nitrogen and oxygen atoms in total. The number of hydrogen-bond acceptors (Lipinski definition) is 4. The summed E-state index contributed by atoms with van der Waals surface area (Å²) in [5.74, 6) is -0.636.